The quantitative estimate of drug-likeness (QED) is 0.665. The van der Waals surface area contributed by atoms with Crippen molar-refractivity contribution in [3.05, 3.63) is 66.0 Å². The number of rotatable bonds is 5. The van der Waals surface area contributed by atoms with E-state index < -0.39 is 0 Å². The Labute approximate surface area is 126 Å². The summed E-state index contributed by atoms with van der Waals surface area (Å²) in [5.41, 5.74) is 9.99. The van der Waals surface area contributed by atoms with E-state index in [4.69, 9.17) is 5.73 Å². The molecule has 0 aliphatic heterocycles. The highest BCUT2D eigenvalue weighted by Crippen LogP contribution is 2.15. The molecular weight excluding hydrogens is 258 g/mol. The molecule has 1 aromatic heterocycles. The molecule has 0 saturated carbocycles. The Balaban J connectivity index is 2.15. The van der Waals surface area contributed by atoms with Crippen LogP contribution in [0.1, 0.15) is 30.8 Å². The van der Waals surface area contributed by atoms with Crippen LogP contribution in [0.5, 0.6) is 0 Å². The van der Waals surface area contributed by atoms with Gasteiger partial charge in [-0.05, 0) is 30.5 Å². The van der Waals surface area contributed by atoms with Crippen LogP contribution in [0.3, 0.4) is 0 Å². The average molecular weight is 279 g/mol. The van der Waals surface area contributed by atoms with Gasteiger partial charge in [-0.15, -0.1) is 0 Å². The molecule has 0 unspecified atom stereocenters. The predicted octanol–water partition coefficient (Wildman–Crippen LogP) is 3.95. The lowest BCUT2D eigenvalue weighted by Crippen LogP contribution is -1.99. The van der Waals surface area contributed by atoms with E-state index in [0.29, 0.717) is 17.3 Å². The van der Waals surface area contributed by atoms with Crippen molar-refractivity contribution >= 4 is 17.6 Å². The van der Waals surface area contributed by atoms with Crippen molar-refractivity contribution in [1.82, 2.24) is 4.98 Å². The maximum absolute atomic E-state index is 5.89. The van der Waals surface area contributed by atoms with Crippen molar-refractivity contribution in [3.8, 4) is 0 Å². The first-order valence-electron chi connectivity index (χ1n) is 7.10. The Morgan fingerprint density at radius 1 is 1.24 bits per heavy atom. The van der Waals surface area contributed by atoms with E-state index in [1.165, 1.54) is 0 Å². The summed E-state index contributed by atoms with van der Waals surface area (Å²) >= 11 is 0. The second kappa shape index (κ2) is 6.84. The molecule has 0 aliphatic carbocycles. The molecule has 0 bridgehead atoms. The summed E-state index contributed by atoms with van der Waals surface area (Å²) < 4.78 is 0. The summed E-state index contributed by atoms with van der Waals surface area (Å²) in [6, 6.07) is 13.6. The van der Waals surface area contributed by atoms with Gasteiger partial charge in [0, 0.05) is 23.2 Å². The van der Waals surface area contributed by atoms with E-state index in [1.807, 2.05) is 42.5 Å². The minimum atomic E-state index is 0.577. The maximum Gasteiger partial charge on any atom is 0.0883 e. The van der Waals surface area contributed by atoms with Crippen LogP contribution in [0.25, 0.3) is 5.70 Å². The number of aromatic nitrogens is 1. The van der Waals surface area contributed by atoms with Gasteiger partial charge in [-0.3, -0.25) is 9.98 Å². The summed E-state index contributed by atoms with van der Waals surface area (Å²) in [5.74, 6) is 0.577. The normalized spacial score (nSPS) is 11.2. The van der Waals surface area contributed by atoms with Crippen LogP contribution in [-0.2, 0) is 6.42 Å². The summed E-state index contributed by atoms with van der Waals surface area (Å²) in [4.78, 5) is 8.99. The molecule has 21 heavy (non-hydrogen) atoms. The zero-order valence-corrected chi connectivity index (χ0v) is 12.6. The molecule has 2 rings (SSSR count). The van der Waals surface area contributed by atoms with Gasteiger partial charge in [0.2, 0.25) is 0 Å². The molecule has 0 radical (unpaired) electrons. The molecule has 108 valence electrons. The van der Waals surface area contributed by atoms with E-state index >= 15 is 0 Å². The van der Waals surface area contributed by atoms with Gasteiger partial charge in [0.25, 0.3) is 0 Å². The van der Waals surface area contributed by atoms with Crippen LogP contribution in [0.15, 0.2) is 54.0 Å². The van der Waals surface area contributed by atoms with Gasteiger partial charge in [0.15, 0.2) is 0 Å². The number of para-hydroxylation sites is 1. The monoisotopic (exact) mass is 279 g/mol. The first kappa shape index (κ1) is 15.0. The van der Waals surface area contributed by atoms with Crippen molar-refractivity contribution < 1.29 is 0 Å². The van der Waals surface area contributed by atoms with Crippen LogP contribution in [-0.4, -0.2) is 11.2 Å². The third-order valence-corrected chi connectivity index (χ3v) is 3.08. The molecular formula is C18H21N3. The first-order valence-corrected chi connectivity index (χ1v) is 7.10. The molecule has 3 heteroatoms. The number of pyridine rings is 1. The van der Waals surface area contributed by atoms with Crippen molar-refractivity contribution in [2.45, 2.75) is 20.3 Å². The fraction of sp³-hybridized carbons (Fsp3) is 0.222. The standard InChI is InChI=1S/C18H21N3/c1-13(2)11-16-8-6-10-18(21-16)14(3)20-12-15-7-4-5-9-17(15)19/h4-10,12-13H,3,11,19H2,1-2H3. The third kappa shape index (κ3) is 4.28. The van der Waals surface area contributed by atoms with E-state index in [9.17, 15) is 0 Å². The number of nitrogens with two attached hydrogens (primary N) is 1. The van der Waals surface area contributed by atoms with Crippen molar-refractivity contribution in [2.75, 3.05) is 5.73 Å². The zero-order valence-electron chi connectivity index (χ0n) is 12.6. The average Bonchev–Trinajstić information content (AvgIpc) is 2.45. The number of aliphatic imine (C=N–C) groups is 1. The molecule has 2 N–H and O–H groups in total. The summed E-state index contributed by atoms with van der Waals surface area (Å²) in [5, 5.41) is 0. The SMILES string of the molecule is C=C(N=Cc1ccccc1N)c1cccc(CC(C)C)n1. The van der Waals surface area contributed by atoms with E-state index in [2.05, 4.69) is 30.4 Å². The molecule has 3 nitrogen and oxygen atoms in total. The van der Waals surface area contributed by atoms with Gasteiger partial charge >= 0.3 is 0 Å². The van der Waals surface area contributed by atoms with Gasteiger partial charge in [0.05, 0.1) is 11.4 Å². The van der Waals surface area contributed by atoms with Gasteiger partial charge in [0.1, 0.15) is 0 Å². The molecule has 0 amide bonds. The lowest BCUT2D eigenvalue weighted by atomic mass is 10.1. The van der Waals surface area contributed by atoms with E-state index in [-0.39, 0.29) is 0 Å². The smallest absolute Gasteiger partial charge is 0.0883 e. The van der Waals surface area contributed by atoms with Crippen molar-refractivity contribution in [3.63, 3.8) is 0 Å². The highest BCUT2D eigenvalue weighted by atomic mass is 14.8. The summed E-state index contributed by atoms with van der Waals surface area (Å²) in [7, 11) is 0. The second-order valence-electron chi connectivity index (χ2n) is 5.45. The summed E-state index contributed by atoms with van der Waals surface area (Å²) in [6.07, 6.45) is 2.69. The molecule has 2 aromatic rings. The van der Waals surface area contributed by atoms with Crippen LogP contribution in [0.2, 0.25) is 0 Å². The third-order valence-electron chi connectivity index (χ3n) is 3.08. The molecule has 0 spiro atoms. The Morgan fingerprint density at radius 2 is 2.00 bits per heavy atom. The fourth-order valence-corrected chi connectivity index (χ4v) is 2.01. The Bertz CT molecular complexity index is 657. The molecule has 1 heterocycles. The number of benzene rings is 1. The number of nitrogens with zero attached hydrogens (tertiary/aromatic N) is 2. The van der Waals surface area contributed by atoms with Crippen LogP contribution < -0.4 is 5.73 Å². The molecule has 0 fully saturated rings. The highest BCUT2D eigenvalue weighted by Gasteiger charge is 2.03. The first-order chi connectivity index (χ1) is 10.1. The van der Waals surface area contributed by atoms with Gasteiger partial charge in [-0.2, -0.15) is 0 Å². The van der Waals surface area contributed by atoms with Crippen LogP contribution >= 0.6 is 0 Å². The van der Waals surface area contributed by atoms with E-state index in [1.54, 1.807) is 6.21 Å². The van der Waals surface area contributed by atoms with Crippen LogP contribution in [0, 0.1) is 5.92 Å². The van der Waals surface area contributed by atoms with Crippen molar-refractivity contribution in [2.24, 2.45) is 10.9 Å². The Hall–Kier alpha value is -2.42. The maximum atomic E-state index is 5.89. The lowest BCUT2D eigenvalue weighted by Gasteiger charge is -2.06. The second-order valence-corrected chi connectivity index (χ2v) is 5.45. The summed E-state index contributed by atoms with van der Waals surface area (Å²) in [6.45, 7) is 8.35. The molecule has 0 atom stereocenters. The topological polar surface area (TPSA) is 51.3 Å². The van der Waals surface area contributed by atoms with Crippen LogP contribution in [0.4, 0.5) is 5.69 Å². The molecule has 0 aliphatic rings. The van der Waals surface area contributed by atoms with Gasteiger partial charge in [-0.1, -0.05) is 44.7 Å². The lowest BCUT2D eigenvalue weighted by molar-refractivity contribution is 0.635. The number of hydrogen-bond donors (Lipinski definition) is 1. The largest absolute Gasteiger partial charge is 0.398 e. The fourth-order valence-electron chi connectivity index (χ4n) is 2.01. The van der Waals surface area contributed by atoms with E-state index in [0.717, 1.165) is 23.4 Å². The zero-order chi connectivity index (χ0) is 15.2. The van der Waals surface area contributed by atoms with Crippen molar-refractivity contribution in [1.29, 1.82) is 0 Å². The minimum absolute atomic E-state index is 0.577. The minimum Gasteiger partial charge on any atom is -0.398 e. The van der Waals surface area contributed by atoms with Gasteiger partial charge < -0.3 is 5.73 Å². The molecule has 0 saturated heterocycles. The highest BCUT2D eigenvalue weighted by molar-refractivity contribution is 5.89. The van der Waals surface area contributed by atoms with Gasteiger partial charge in [-0.25, -0.2) is 0 Å². The Morgan fingerprint density at radius 3 is 2.71 bits per heavy atom. The predicted molar refractivity (Wildman–Crippen MR) is 90.3 cm³/mol. The number of hydrogen-bond acceptors (Lipinski definition) is 3. The molecule has 1 aromatic carbocycles. The number of anilines is 1. The number of nitrogen functional groups attached to an aromatic ring is 1. The Kier molecular flexibility index (Phi) is 4.88.